The molecule has 1 fully saturated rings. The normalized spacial score (nSPS) is 13.9. The van der Waals surface area contributed by atoms with Crippen molar-refractivity contribution in [3.05, 3.63) is 88.8 Å². The van der Waals surface area contributed by atoms with E-state index in [1.807, 2.05) is 0 Å². The van der Waals surface area contributed by atoms with Crippen molar-refractivity contribution in [2.75, 3.05) is 24.7 Å². The zero-order valence-corrected chi connectivity index (χ0v) is 18.9. The molecule has 0 aliphatic carbocycles. The molecule has 2 heterocycles. The fourth-order valence-electron chi connectivity index (χ4n) is 3.60. The molecule has 1 aliphatic heterocycles. The number of carbonyl (C=O) groups is 3. The van der Waals surface area contributed by atoms with Crippen molar-refractivity contribution in [3.63, 3.8) is 0 Å². The molecule has 0 unspecified atom stereocenters. The van der Waals surface area contributed by atoms with Crippen LogP contribution in [-0.2, 0) is 22.3 Å². The molecule has 1 saturated heterocycles. The number of furan rings is 1. The molecule has 0 radical (unpaired) electrons. The lowest BCUT2D eigenvalue weighted by Crippen LogP contribution is -2.42. The van der Waals surface area contributed by atoms with Gasteiger partial charge < -0.3 is 14.2 Å². The molecule has 3 aromatic rings. The summed E-state index contributed by atoms with van der Waals surface area (Å²) in [6.07, 6.45) is -3.13. The van der Waals surface area contributed by atoms with Crippen LogP contribution in [0.1, 0.15) is 21.7 Å². The highest BCUT2D eigenvalue weighted by atomic mass is 35.5. The summed E-state index contributed by atoms with van der Waals surface area (Å²) in [6, 6.07) is 13.5. The van der Waals surface area contributed by atoms with Gasteiger partial charge in [-0.15, -0.1) is 0 Å². The Hall–Kier alpha value is -3.79. The number of amides is 3. The van der Waals surface area contributed by atoms with E-state index in [0.717, 1.165) is 24.3 Å². The molecule has 7 nitrogen and oxygen atoms in total. The summed E-state index contributed by atoms with van der Waals surface area (Å²) in [6.45, 7) is -0.670. The zero-order valence-electron chi connectivity index (χ0n) is 18.2. The second-order valence-electron chi connectivity index (χ2n) is 7.85. The zero-order chi connectivity index (χ0) is 25.2. The quantitative estimate of drug-likeness (QED) is 0.497. The summed E-state index contributed by atoms with van der Waals surface area (Å²) in [5, 5.41) is 0.503. The Morgan fingerprint density at radius 2 is 1.71 bits per heavy atom. The predicted octanol–water partition coefficient (Wildman–Crippen LogP) is 4.43. The van der Waals surface area contributed by atoms with Crippen LogP contribution < -0.4 is 4.90 Å². The molecule has 4 rings (SSSR count). The Morgan fingerprint density at radius 3 is 2.31 bits per heavy atom. The van der Waals surface area contributed by atoms with Gasteiger partial charge in [-0.05, 0) is 60.7 Å². The number of anilines is 1. The second-order valence-corrected chi connectivity index (χ2v) is 8.28. The van der Waals surface area contributed by atoms with E-state index in [2.05, 4.69) is 0 Å². The largest absolute Gasteiger partial charge is 0.467 e. The average molecular weight is 506 g/mol. The van der Waals surface area contributed by atoms with E-state index < -0.39 is 30.1 Å². The third-order valence-electron chi connectivity index (χ3n) is 5.43. The Balaban J connectivity index is 1.50. The van der Waals surface area contributed by atoms with Crippen LogP contribution in [0.5, 0.6) is 0 Å². The number of hydrogen-bond acceptors (Lipinski definition) is 4. The van der Waals surface area contributed by atoms with Crippen molar-refractivity contribution in [1.82, 2.24) is 9.80 Å². The molecule has 1 aromatic heterocycles. The lowest BCUT2D eigenvalue weighted by Gasteiger charge is -2.24. The molecule has 0 spiro atoms. The van der Waals surface area contributed by atoms with Gasteiger partial charge in [0.25, 0.3) is 5.91 Å². The minimum absolute atomic E-state index is 0.0115. The number of benzene rings is 2. The van der Waals surface area contributed by atoms with E-state index >= 15 is 0 Å². The van der Waals surface area contributed by atoms with Crippen molar-refractivity contribution in [2.24, 2.45) is 0 Å². The van der Waals surface area contributed by atoms with Crippen molar-refractivity contribution in [1.29, 1.82) is 0 Å². The summed E-state index contributed by atoms with van der Waals surface area (Å²) in [5.74, 6) is -1.06. The molecule has 0 bridgehead atoms. The summed E-state index contributed by atoms with van der Waals surface area (Å²) in [5.41, 5.74) is -0.332. The number of carbonyl (C=O) groups excluding carboxylic acids is 3. The van der Waals surface area contributed by atoms with Crippen LogP contribution in [0.15, 0.2) is 71.3 Å². The molecule has 1 aliphatic rings. The van der Waals surface area contributed by atoms with Gasteiger partial charge in [0, 0.05) is 16.3 Å². The lowest BCUT2D eigenvalue weighted by molar-refractivity contribution is -0.137. The number of nitrogens with zero attached hydrogens (tertiary/aromatic N) is 3. The fourth-order valence-corrected chi connectivity index (χ4v) is 3.73. The summed E-state index contributed by atoms with van der Waals surface area (Å²) in [7, 11) is 0. The highest BCUT2D eigenvalue weighted by Gasteiger charge is 2.34. The maximum atomic E-state index is 13.1. The van der Waals surface area contributed by atoms with Gasteiger partial charge in [-0.3, -0.25) is 19.3 Å². The Kier molecular flexibility index (Phi) is 6.83. The third-order valence-corrected chi connectivity index (χ3v) is 5.68. The van der Waals surface area contributed by atoms with Gasteiger partial charge in [0.05, 0.1) is 18.4 Å². The van der Waals surface area contributed by atoms with E-state index in [4.69, 9.17) is 16.0 Å². The Labute approximate surface area is 203 Å². The lowest BCUT2D eigenvalue weighted by atomic mass is 10.1. The first-order valence-electron chi connectivity index (χ1n) is 10.4. The minimum Gasteiger partial charge on any atom is -0.467 e. The molecule has 35 heavy (non-hydrogen) atoms. The van der Waals surface area contributed by atoms with E-state index in [1.165, 1.54) is 21.0 Å². The van der Waals surface area contributed by atoms with Gasteiger partial charge in [-0.25, -0.2) is 0 Å². The third kappa shape index (κ3) is 5.65. The predicted molar refractivity (Wildman–Crippen MR) is 120 cm³/mol. The van der Waals surface area contributed by atoms with Crippen molar-refractivity contribution in [3.8, 4) is 0 Å². The molecule has 2 aromatic carbocycles. The van der Waals surface area contributed by atoms with E-state index in [0.29, 0.717) is 16.5 Å². The number of halogens is 4. The van der Waals surface area contributed by atoms with Crippen molar-refractivity contribution >= 4 is 35.0 Å². The molecule has 3 amide bonds. The Morgan fingerprint density at radius 1 is 1.03 bits per heavy atom. The number of hydrogen-bond donors (Lipinski definition) is 0. The maximum Gasteiger partial charge on any atom is 0.416 e. The first-order valence-corrected chi connectivity index (χ1v) is 10.8. The van der Waals surface area contributed by atoms with Gasteiger partial charge in [0.2, 0.25) is 11.8 Å². The van der Waals surface area contributed by atoms with Gasteiger partial charge in [0.1, 0.15) is 25.5 Å². The van der Waals surface area contributed by atoms with Crippen LogP contribution in [-0.4, -0.2) is 47.3 Å². The summed E-state index contributed by atoms with van der Waals surface area (Å²) in [4.78, 5) is 42.5. The monoisotopic (exact) mass is 505 g/mol. The SMILES string of the molecule is O=C(CN(Cc1ccco1)C(=O)c1ccc(C(F)(F)F)cc1)N1CC(=O)N(c2ccc(Cl)cc2)C1. The van der Waals surface area contributed by atoms with Gasteiger partial charge >= 0.3 is 6.18 Å². The molecular weight excluding hydrogens is 487 g/mol. The van der Waals surface area contributed by atoms with E-state index in [-0.39, 0.29) is 31.2 Å². The summed E-state index contributed by atoms with van der Waals surface area (Å²) >= 11 is 5.89. The minimum atomic E-state index is -4.54. The fraction of sp³-hybridized carbons (Fsp3) is 0.208. The summed E-state index contributed by atoms with van der Waals surface area (Å²) < 4.78 is 43.9. The smallest absolute Gasteiger partial charge is 0.416 e. The standard InChI is InChI=1S/C24H19ClF3N3O4/c25-18-7-9-19(10-8-18)31-15-30(14-22(31)33)21(32)13-29(12-20-2-1-11-35-20)23(34)16-3-5-17(6-4-16)24(26,27)28/h1-11H,12-15H2. The van der Waals surface area contributed by atoms with Crippen LogP contribution in [0.4, 0.5) is 18.9 Å². The van der Waals surface area contributed by atoms with E-state index in [9.17, 15) is 27.6 Å². The van der Waals surface area contributed by atoms with Gasteiger partial charge in [0.15, 0.2) is 0 Å². The van der Waals surface area contributed by atoms with Crippen LogP contribution in [0.2, 0.25) is 5.02 Å². The molecule has 0 atom stereocenters. The van der Waals surface area contributed by atoms with Crippen LogP contribution in [0, 0.1) is 0 Å². The highest BCUT2D eigenvalue weighted by molar-refractivity contribution is 6.30. The van der Waals surface area contributed by atoms with Gasteiger partial charge in [-0.1, -0.05) is 11.6 Å². The molecule has 182 valence electrons. The number of rotatable bonds is 6. The molecule has 11 heteroatoms. The molecular formula is C24H19ClF3N3O4. The van der Waals surface area contributed by atoms with Crippen molar-refractivity contribution < 1.29 is 32.0 Å². The average Bonchev–Trinajstić information content (AvgIpc) is 3.48. The second kappa shape index (κ2) is 9.83. The first kappa shape index (κ1) is 24.3. The number of alkyl halides is 3. The highest BCUT2D eigenvalue weighted by Crippen LogP contribution is 2.29. The first-order chi connectivity index (χ1) is 16.6. The van der Waals surface area contributed by atoms with Crippen LogP contribution in [0.3, 0.4) is 0 Å². The van der Waals surface area contributed by atoms with Crippen LogP contribution in [0.25, 0.3) is 0 Å². The Bertz CT molecular complexity index is 1210. The maximum absolute atomic E-state index is 13.1. The van der Waals surface area contributed by atoms with Crippen molar-refractivity contribution in [2.45, 2.75) is 12.7 Å². The van der Waals surface area contributed by atoms with E-state index in [1.54, 1.807) is 36.4 Å². The van der Waals surface area contributed by atoms with Gasteiger partial charge in [-0.2, -0.15) is 13.2 Å². The molecule has 0 N–H and O–H groups in total. The topological polar surface area (TPSA) is 74.1 Å². The van der Waals surface area contributed by atoms with Crippen LogP contribution >= 0.6 is 11.6 Å². The molecule has 0 saturated carbocycles.